The molecule has 2 aliphatic rings. The number of rotatable bonds is 4. The minimum Gasteiger partial charge on any atom is -0.281 e. The molecule has 202 valence electrons. The van der Waals surface area contributed by atoms with E-state index in [0.29, 0.717) is 11.4 Å². The van der Waals surface area contributed by atoms with E-state index in [1.165, 1.54) is 23.3 Å². The summed E-state index contributed by atoms with van der Waals surface area (Å²) in [5, 5.41) is 24.3. The third kappa shape index (κ3) is 4.99. The van der Waals surface area contributed by atoms with Crippen molar-refractivity contribution in [3.63, 3.8) is 0 Å². The molecule has 8 nitrogen and oxygen atoms in total. The number of H-pyrrole nitrogens is 2. The van der Waals surface area contributed by atoms with Gasteiger partial charge in [0.05, 0.1) is 7.11 Å². The number of nitrogens with zero attached hydrogens (tertiary/aromatic N) is 4. The molecule has 6 rings (SSSR count). The zero-order valence-electron chi connectivity index (χ0n) is 23.1. The number of carbonyl (C=O) groups is 1. The number of hydrogen-bond acceptors (Lipinski definition) is 5. The van der Waals surface area contributed by atoms with Crippen molar-refractivity contribution in [3.05, 3.63) is 118 Å². The molecule has 0 radical (unpaired) electrons. The van der Waals surface area contributed by atoms with E-state index in [-0.39, 0.29) is 16.7 Å². The van der Waals surface area contributed by atoms with E-state index < -0.39 is 0 Å². The third-order valence-electron chi connectivity index (χ3n) is 7.82. The first kappa shape index (κ1) is 26.9. The summed E-state index contributed by atoms with van der Waals surface area (Å²) in [7, 11) is 3.03. The maximum absolute atomic E-state index is 12.2. The van der Waals surface area contributed by atoms with Gasteiger partial charge in [-0.05, 0) is 11.1 Å². The number of allylic oxidation sites excluding steroid dienone is 2. The number of nitriles is 1. The van der Waals surface area contributed by atoms with Crippen LogP contribution in [0.2, 0.25) is 0 Å². The van der Waals surface area contributed by atoms with E-state index in [1.807, 2.05) is 36.4 Å². The molecule has 0 saturated heterocycles. The zero-order valence-corrected chi connectivity index (χ0v) is 23.1. The Morgan fingerprint density at radius 3 is 1.90 bits per heavy atom. The Morgan fingerprint density at radius 2 is 1.38 bits per heavy atom. The second kappa shape index (κ2) is 10.8. The van der Waals surface area contributed by atoms with Gasteiger partial charge in [-0.1, -0.05) is 98.8 Å². The first-order chi connectivity index (χ1) is 19.3. The summed E-state index contributed by atoms with van der Waals surface area (Å²) in [6, 6.07) is 22.8. The van der Waals surface area contributed by atoms with Crippen LogP contribution in [0.3, 0.4) is 0 Å². The number of aromatic nitrogens is 4. The van der Waals surface area contributed by atoms with Gasteiger partial charge in [0.15, 0.2) is 11.4 Å². The van der Waals surface area contributed by atoms with Crippen molar-refractivity contribution in [3.8, 4) is 6.07 Å². The van der Waals surface area contributed by atoms with Crippen LogP contribution in [-0.2, 0) is 28.5 Å². The maximum Gasteiger partial charge on any atom is 0.298 e. The Kier molecular flexibility index (Phi) is 7.24. The number of carbonyl (C=O) groups excluding carboxylic acids is 1. The molecule has 0 spiro atoms. The molecular weight excluding hydrogens is 500 g/mol. The van der Waals surface area contributed by atoms with E-state index >= 15 is 0 Å². The summed E-state index contributed by atoms with van der Waals surface area (Å²) in [5.41, 5.74) is 7.06. The van der Waals surface area contributed by atoms with Gasteiger partial charge in [0.2, 0.25) is 0 Å². The van der Waals surface area contributed by atoms with Gasteiger partial charge in [-0.25, -0.2) is 5.06 Å². The maximum atomic E-state index is 12.2. The molecule has 40 heavy (non-hydrogen) atoms. The molecule has 0 bridgehead atoms. The van der Waals surface area contributed by atoms with E-state index in [0.717, 1.165) is 35.4 Å². The summed E-state index contributed by atoms with van der Waals surface area (Å²) in [5.74, 6) is -0.257. The van der Waals surface area contributed by atoms with Crippen LogP contribution in [0.25, 0.3) is 12.2 Å². The van der Waals surface area contributed by atoms with Gasteiger partial charge in [-0.2, -0.15) is 15.5 Å². The SMILES string of the molecule is CC1(c2ccccc2)C=Cc2c(C#N)n[nH]c2C1.CON(C)C(=O)c1n[nH]c2c1C=CC(C)(c1ccccc1)C2. The highest BCUT2D eigenvalue weighted by Crippen LogP contribution is 2.37. The quantitative estimate of drug-likeness (QED) is 0.343. The fraction of sp³-hybridized carbons (Fsp3) is 0.250. The summed E-state index contributed by atoms with van der Waals surface area (Å²) >= 11 is 0. The van der Waals surface area contributed by atoms with Gasteiger partial charge in [0, 0.05) is 53.2 Å². The Labute approximate surface area is 234 Å². The lowest BCUT2D eigenvalue weighted by Gasteiger charge is -2.29. The number of nitrogens with one attached hydrogen (secondary N) is 2. The lowest BCUT2D eigenvalue weighted by Crippen LogP contribution is -2.28. The second-order valence-electron chi connectivity index (χ2n) is 10.6. The van der Waals surface area contributed by atoms with Crippen molar-refractivity contribution in [2.45, 2.75) is 37.5 Å². The minimum absolute atomic E-state index is 0.0342. The predicted molar refractivity (Wildman–Crippen MR) is 154 cm³/mol. The largest absolute Gasteiger partial charge is 0.298 e. The van der Waals surface area contributed by atoms with Gasteiger partial charge >= 0.3 is 0 Å². The number of amides is 1. The molecule has 2 heterocycles. The summed E-state index contributed by atoms with van der Waals surface area (Å²) < 4.78 is 0. The predicted octanol–water partition coefficient (Wildman–Crippen LogP) is 5.38. The van der Waals surface area contributed by atoms with E-state index in [9.17, 15) is 4.79 Å². The average Bonchev–Trinajstić information content (AvgIpc) is 3.60. The normalized spacial score (nSPS) is 20.5. The fourth-order valence-corrected chi connectivity index (χ4v) is 5.30. The molecule has 2 aromatic carbocycles. The van der Waals surface area contributed by atoms with Crippen molar-refractivity contribution in [1.82, 2.24) is 25.5 Å². The molecule has 0 fully saturated rings. The van der Waals surface area contributed by atoms with Crippen molar-refractivity contribution in [2.75, 3.05) is 14.2 Å². The number of fused-ring (bicyclic) bond motifs is 2. The highest BCUT2D eigenvalue weighted by Gasteiger charge is 2.32. The van der Waals surface area contributed by atoms with Crippen LogP contribution in [0.5, 0.6) is 0 Å². The Hall–Kier alpha value is -4.74. The number of benzene rings is 2. The molecule has 0 saturated carbocycles. The molecule has 2 unspecified atom stereocenters. The Bertz CT molecular complexity index is 1610. The molecule has 2 atom stereocenters. The van der Waals surface area contributed by atoms with Crippen molar-refractivity contribution in [1.29, 1.82) is 5.26 Å². The molecule has 0 aliphatic heterocycles. The second-order valence-corrected chi connectivity index (χ2v) is 10.6. The number of hydrogen-bond donors (Lipinski definition) is 2. The summed E-state index contributed by atoms with van der Waals surface area (Å²) in [6.07, 6.45) is 9.92. The lowest BCUT2D eigenvalue weighted by molar-refractivity contribution is -0.0760. The smallest absolute Gasteiger partial charge is 0.281 e. The zero-order chi connectivity index (χ0) is 28.3. The monoisotopic (exact) mass is 532 g/mol. The first-order valence-corrected chi connectivity index (χ1v) is 13.1. The highest BCUT2D eigenvalue weighted by molar-refractivity contribution is 5.95. The Morgan fingerprint density at radius 1 is 0.875 bits per heavy atom. The van der Waals surface area contributed by atoms with Crippen LogP contribution in [0, 0.1) is 11.3 Å². The van der Waals surface area contributed by atoms with Crippen LogP contribution >= 0.6 is 0 Å². The summed E-state index contributed by atoms with van der Waals surface area (Å²) in [6.45, 7) is 4.39. The molecule has 8 heteroatoms. The molecular formula is C32H32N6O2. The lowest BCUT2D eigenvalue weighted by atomic mass is 9.75. The van der Waals surface area contributed by atoms with Crippen molar-refractivity contribution >= 4 is 18.1 Å². The number of hydroxylamine groups is 2. The highest BCUT2D eigenvalue weighted by atomic mass is 16.7. The molecule has 1 amide bonds. The van der Waals surface area contributed by atoms with Gasteiger partial charge in [-0.3, -0.25) is 19.8 Å². The molecule has 2 N–H and O–H groups in total. The van der Waals surface area contributed by atoms with Crippen molar-refractivity contribution in [2.24, 2.45) is 0 Å². The van der Waals surface area contributed by atoms with Gasteiger partial charge < -0.3 is 0 Å². The molecule has 4 aromatic rings. The van der Waals surface area contributed by atoms with Gasteiger partial charge in [0.1, 0.15) is 6.07 Å². The van der Waals surface area contributed by atoms with E-state index in [4.69, 9.17) is 10.1 Å². The standard InChI is InChI=1S/C17H19N3O2.C15H13N3/c1-17(12-7-5-4-6-8-12)10-9-13-14(11-17)18-19-15(13)16(21)20(2)22-3;1-15(11-5-3-2-4-6-11)8-7-12-13(9-15)17-18-14(12)10-16/h4-10H,11H2,1-3H3,(H,18,19);2-8H,9H2,1H3,(H,17,18). The van der Waals surface area contributed by atoms with Crippen LogP contribution in [-0.4, -0.2) is 45.5 Å². The first-order valence-electron chi connectivity index (χ1n) is 13.1. The molecule has 2 aromatic heterocycles. The van der Waals surface area contributed by atoms with Crippen LogP contribution in [0.4, 0.5) is 0 Å². The van der Waals surface area contributed by atoms with Gasteiger partial charge in [-0.15, -0.1) is 0 Å². The molecule has 2 aliphatic carbocycles. The van der Waals surface area contributed by atoms with Gasteiger partial charge in [0.25, 0.3) is 5.91 Å². The Balaban J connectivity index is 0.000000164. The minimum atomic E-state index is -0.257. The average molecular weight is 533 g/mol. The van der Waals surface area contributed by atoms with E-state index in [2.05, 4.69) is 88.9 Å². The van der Waals surface area contributed by atoms with E-state index in [1.54, 1.807) is 7.05 Å². The van der Waals surface area contributed by atoms with Crippen molar-refractivity contribution < 1.29 is 9.63 Å². The topological polar surface area (TPSA) is 111 Å². The summed E-state index contributed by atoms with van der Waals surface area (Å²) in [4.78, 5) is 17.2. The van der Waals surface area contributed by atoms with Crippen LogP contribution in [0.15, 0.2) is 72.8 Å². The number of aromatic amines is 2. The fourth-order valence-electron chi connectivity index (χ4n) is 5.30. The van der Waals surface area contributed by atoms with Crippen LogP contribution in [0.1, 0.15) is 63.7 Å². The third-order valence-corrected chi connectivity index (χ3v) is 7.82. The van der Waals surface area contributed by atoms with Crippen LogP contribution < -0.4 is 0 Å².